The number of amides is 1. The van der Waals surface area contributed by atoms with Crippen LogP contribution in [0.25, 0.3) is 11.3 Å². The van der Waals surface area contributed by atoms with Gasteiger partial charge in [-0.3, -0.25) is 14.8 Å². The number of nitrogens with zero attached hydrogens (tertiary/aromatic N) is 3. The lowest BCUT2D eigenvalue weighted by Crippen LogP contribution is -2.48. The van der Waals surface area contributed by atoms with Crippen LogP contribution >= 0.6 is 34.8 Å². The van der Waals surface area contributed by atoms with E-state index >= 15 is 0 Å². The van der Waals surface area contributed by atoms with Crippen LogP contribution in [-0.4, -0.2) is 52.1 Å². The third-order valence-electron chi connectivity index (χ3n) is 5.05. The molecule has 1 saturated heterocycles. The molecule has 0 atom stereocenters. The smallest absolute Gasteiger partial charge is 0.271 e. The molecular weight excluding hydrogens is 431 g/mol. The monoisotopic (exact) mass is 448 g/mol. The van der Waals surface area contributed by atoms with Crippen molar-refractivity contribution in [2.24, 2.45) is 0 Å². The summed E-state index contributed by atoms with van der Waals surface area (Å²) in [6, 6.07) is 14.7. The van der Waals surface area contributed by atoms with E-state index in [-0.39, 0.29) is 5.91 Å². The van der Waals surface area contributed by atoms with Crippen molar-refractivity contribution in [1.29, 1.82) is 0 Å². The molecule has 1 aromatic heterocycles. The lowest BCUT2D eigenvalue weighted by atomic mass is 10.1. The van der Waals surface area contributed by atoms with Gasteiger partial charge in [0.2, 0.25) is 0 Å². The molecule has 4 rings (SSSR count). The van der Waals surface area contributed by atoms with Gasteiger partial charge in [-0.15, -0.1) is 0 Å². The molecule has 0 unspecified atom stereocenters. The Bertz CT molecular complexity index is 991. The number of carbonyl (C=O) groups excluding carboxylic acids is 1. The first kappa shape index (κ1) is 20.2. The Kier molecular flexibility index (Phi) is 6.11. The molecule has 1 fully saturated rings. The van der Waals surface area contributed by atoms with E-state index in [9.17, 15) is 4.79 Å². The molecule has 150 valence electrons. The molecule has 2 aromatic carbocycles. The summed E-state index contributed by atoms with van der Waals surface area (Å²) in [5.41, 5.74) is 3.04. The van der Waals surface area contributed by atoms with Gasteiger partial charge >= 0.3 is 0 Å². The predicted octanol–water partition coefficient (Wildman–Crippen LogP) is 4.99. The molecule has 0 spiro atoms. The van der Waals surface area contributed by atoms with Gasteiger partial charge in [0.05, 0.1) is 5.69 Å². The number of H-pyrrole nitrogens is 1. The van der Waals surface area contributed by atoms with Crippen molar-refractivity contribution in [3.63, 3.8) is 0 Å². The second kappa shape index (κ2) is 8.76. The summed E-state index contributed by atoms with van der Waals surface area (Å²) < 4.78 is 0. The van der Waals surface area contributed by atoms with Crippen LogP contribution in [0.2, 0.25) is 15.1 Å². The van der Waals surface area contributed by atoms with Crippen LogP contribution in [-0.2, 0) is 6.54 Å². The van der Waals surface area contributed by atoms with Gasteiger partial charge in [0.25, 0.3) is 5.91 Å². The molecule has 0 radical (unpaired) electrons. The minimum atomic E-state index is -0.0480. The van der Waals surface area contributed by atoms with Gasteiger partial charge in [-0.25, -0.2) is 0 Å². The standard InChI is InChI=1S/C21H19Cl3N4O/c22-15-6-4-14(5-7-15)19-12-20(26-25-19)21(29)28-10-8-27(9-11-28)13-16-17(23)2-1-3-18(16)24/h1-7,12H,8-11,13H2,(H,25,26). The van der Waals surface area contributed by atoms with E-state index in [1.807, 2.05) is 35.2 Å². The van der Waals surface area contributed by atoms with Crippen molar-refractivity contribution < 1.29 is 4.79 Å². The van der Waals surface area contributed by atoms with E-state index in [0.717, 1.165) is 29.9 Å². The Labute approximate surface area is 184 Å². The molecule has 8 heteroatoms. The fraction of sp³-hybridized carbons (Fsp3) is 0.238. The second-order valence-corrected chi connectivity index (χ2v) is 8.19. The Hall–Kier alpha value is -2.05. The van der Waals surface area contributed by atoms with Gasteiger partial charge < -0.3 is 4.90 Å². The number of aromatic amines is 1. The third kappa shape index (κ3) is 4.59. The lowest BCUT2D eigenvalue weighted by Gasteiger charge is -2.34. The van der Waals surface area contributed by atoms with Gasteiger partial charge in [0, 0.05) is 58.9 Å². The summed E-state index contributed by atoms with van der Waals surface area (Å²) in [7, 11) is 0. The van der Waals surface area contributed by atoms with E-state index in [1.54, 1.807) is 18.2 Å². The van der Waals surface area contributed by atoms with E-state index < -0.39 is 0 Å². The summed E-state index contributed by atoms with van der Waals surface area (Å²) in [6.07, 6.45) is 0. The number of rotatable bonds is 4. The van der Waals surface area contributed by atoms with Gasteiger partial charge in [-0.2, -0.15) is 5.10 Å². The number of hydrogen-bond donors (Lipinski definition) is 1. The van der Waals surface area contributed by atoms with E-state index in [2.05, 4.69) is 15.1 Å². The number of aromatic nitrogens is 2. The quantitative estimate of drug-likeness (QED) is 0.610. The zero-order chi connectivity index (χ0) is 20.4. The number of halogens is 3. The van der Waals surface area contributed by atoms with Crippen LogP contribution in [0.4, 0.5) is 0 Å². The lowest BCUT2D eigenvalue weighted by molar-refractivity contribution is 0.0622. The highest BCUT2D eigenvalue weighted by Crippen LogP contribution is 2.26. The van der Waals surface area contributed by atoms with Crippen LogP contribution in [0, 0.1) is 0 Å². The van der Waals surface area contributed by atoms with Crippen molar-refractivity contribution in [1.82, 2.24) is 20.0 Å². The zero-order valence-corrected chi connectivity index (χ0v) is 17.8. The van der Waals surface area contributed by atoms with Gasteiger partial charge in [-0.05, 0) is 30.3 Å². The topological polar surface area (TPSA) is 52.2 Å². The number of piperazine rings is 1. The fourth-order valence-corrected chi connectivity index (χ4v) is 4.03. The summed E-state index contributed by atoms with van der Waals surface area (Å²) in [6.45, 7) is 3.45. The maximum Gasteiger partial charge on any atom is 0.271 e. The van der Waals surface area contributed by atoms with Crippen LogP contribution in [0.5, 0.6) is 0 Å². The Balaban J connectivity index is 1.37. The molecule has 2 heterocycles. The Morgan fingerprint density at radius 2 is 1.62 bits per heavy atom. The van der Waals surface area contributed by atoms with Gasteiger partial charge in [0.1, 0.15) is 5.69 Å². The molecule has 1 N–H and O–H groups in total. The van der Waals surface area contributed by atoms with Crippen molar-refractivity contribution in [3.8, 4) is 11.3 Å². The fourth-order valence-electron chi connectivity index (χ4n) is 3.39. The Morgan fingerprint density at radius 3 is 2.28 bits per heavy atom. The summed E-state index contributed by atoms with van der Waals surface area (Å²) in [5, 5.41) is 9.13. The van der Waals surface area contributed by atoms with Crippen LogP contribution < -0.4 is 0 Å². The highest BCUT2D eigenvalue weighted by Gasteiger charge is 2.24. The average molecular weight is 450 g/mol. The maximum atomic E-state index is 12.8. The average Bonchev–Trinajstić information content (AvgIpc) is 3.21. The number of carbonyl (C=O) groups is 1. The summed E-state index contributed by atoms with van der Waals surface area (Å²) >= 11 is 18.5. The predicted molar refractivity (Wildman–Crippen MR) is 117 cm³/mol. The molecule has 1 aliphatic rings. The number of benzene rings is 2. The molecule has 3 aromatic rings. The number of nitrogens with one attached hydrogen (secondary N) is 1. The first-order valence-electron chi connectivity index (χ1n) is 9.27. The number of hydrogen-bond acceptors (Lipinski definition) is 3. The largest absolute Gasteiger partial charge is 0.335 e. The molecular formula is C21H19Cl3N4O. The van der Waals surface area contributed by atoms with Crippen LogP contribution in [0.15, 0.2) is 48.5 Å². The molecule has 0 bridgehead atoms. The highest BCUT2D eigenvalue weighted by atomic mass is 35.5. The summed E-state index contributed by atoms with van der Waals surface area (Å²) in [4.78, 5) is 16.9. The van der Waals surface area contributed by atoms with Crippen LogP contribution in [0.3, 0.4) is 0 Å². The van der Waals surface area contributed by atoms with Crippen molar-refractivity contribution in [2.45, 2.75) is 6.54 Å². The SMILES string of the molecule is O=C(c1cc(-c2ccc(Cl)cc2)n[nH]1)N1CCN(Cc2c(Cl)cccc2Cl)CC1. The third-order valence-corrected chi connectivity index (χ3v) is 6.01. The van der Waals surface area contributed by atoms with E-state index in [1.165, 1.54) is 0 Å². The highest BCUT2D eigenvalue weighted by molar-refractivity contribution is 6.36. The van der Waals surface area contributed by atoms with Gasteiger partial charge in [-0.1, -0.05) is 53.0 Å². The molecule has 29 heavy (non-hydrogen) atoms. The Morgan fingerprint density at radius 1 is 0.966 bits per heavy atom. The van der Waals surface area contributed by atoms with E-state index in [0.29, 0.717) is 40.4 Å². The molecule has 0 saturated carbocycles. The maximum absolute atomic E-state index is 12.8. The minimum Gasteiger partial charge on any atom is -0.335 e. The molecule has 1 aliphatic heterocycles. The minimum absolute atomic E-state index is 0.0480. The molecule has 1 amide bonds. The molecule has 0 aliphatic carbocycles. The van der Waals surface area contributed by atoms with Crippen molar-refractivity contribution in [3.05, 3.63) is 74.9 Å². The van der Waals surface area contributed by atoms with Crippen LogP contribution in [0.1, 0.15) is 16.1 Å². The van der Waals surface area contributed by atoms with Crippen molar-refractivity contribution >= 4 is 40.7 Å². The normalized spacial score (nSPS) is 14.9. The zero-order valence-electron chi connectivity index (χ0n) is 15.5. The van der Waals surface area contributed by atoms with Crippen molar-refractivity contribution in [2.75, 3.05) is 26.2 Å². The van der Waals surface area contributed by atoms with Gasteiger partial charge in [0.15, 0.2) is 0 Å². The first-order valence-corrected chi connectivity index (χ1v) is 10.4. The summed E-state index contributed by atoms with van der Waals surface area (Å²) in [5.74, 6) is -0.0480. The molecule has 5 nitrogen and oxygen atoms in total. The first-order chi connectivity index (χ1) is 14.0. The van der Waals surface area contributed by atoms with E-state index in [4.69, 9.17) is 34.8 Å². The second-order valence-electron chi connectivity index (χ2n) is 6.94.